The largest absolute Gasteiger partial charge is 0.491 e. The molecular formula is C15H17BrN2O. The quantitative estimate of drug-likeness (QED) is 0.812. The number of halogens is 1. The first-order valence-corrected chi connectivity index (χ1v) is 6.92. The topological polar surface area (TPSA) is 47.3 Å². The maximum Gasteiger partial charge on any atom is 0.123 e. The molecule has 100 valence electrons. The van der Waals surface area contributed by atoms with E-state index >= 15 is 0 Å². The van der Waals surface area contributed by atoms with Crippen molar-refractivity contribution in [1.82, 2.24) is 0 Å². The Bertz CT molecular complexity index is 570. The zero-order valence-corrected chi connectivity index (χ0v) is 12.6. The van der Waals surface area contributed by atoms with Gasteiger partial charge in [-0.25, -0.2) is 0 Å². The van der Waals surface area contributed by atoms with Gasteiger partial charge in [0, 0.05) is 28.0 Å². The van der Waals surface area contributed by atoms with Gasteiger partial charge in [-0.05, 0) is 48.0 Å². The molecule has 19 heavy (non-hydrogen) atoms. The summed E-state index contributed by atoms with van der Waals surface area (Å²) in [6, 6.07) is 13.6. The predicted octanol–water partition coefficient (Wildman–Crippen LogP) is 4.56. The number of anilines is 3. The van der Waals surface area contributed by atoms with E-state index in [1.807, 2.05) is 56.3 Å². The molecule has 0 heterocycles. The Morgan fingerprint density at radius 1 is 1.16 bits per heavy atom. The highest BCUT2D eigenvalue weighted by atomic mass is 79.9. The second-order valence-electron chi connectivity index (χ2n) is 4.56. The van der Waals surface area contributed by atoms with E-state index in [0.717, 1.165) is 21.6 Å². The van der Waals surface area contributed by atoms with E-state index in [4.69, 9.17) is 10.5 Å². The summed E-state index contributed by atoms with van der Waals surface area (Å²) in [4.78, 5) is 0. The zero-order valence-electron chi connectivity index (χ0n) is 11.0. The number of hydrogen-bond donors (Lipinski definition) is 2. The Hall–Kier alpha value is -1.68. The van der Waals surface area contributed by atoms with Gasteiger partial charge in [0.1, 0.15) is 5.75 Å². The number of benzene rings is 2. The van der Waals surface area contributed by atoms with Crippen molar-refractivity contribution in [3.05, 3.63) is 46.9 Å². The Morgan fingerprint density at radius 3 is 2.58 bits per heavy atom. The van der Waals surface area contributed by atoms with Crippen molar-refractivity contribution in [2.24, 2.45) is 0 Å². The van der Waals surface area contributed by atoms with Crippen molar-refractivity contribution in [3.63, 3.8) is 0 Å². The van der Waals surface area contributed by atoms with E-state index in [1.165, 1.54) is 0 Å². The molecule has 0 atom stereocenters. The molecule has 0 saturated heterocycles. The van der Waals surface area contributed by atoms with Crippen molar-refractivity contribution >= 4 is 33.0 Å². The van der Waals surface area contributed by atoms with E-state index in [-0.39, 0.29) is 6.10 Å². The maximum atomic E-state index is 5.90. The van der Waals surface area contributed by atoms with Crippen LogP contribution in [0.2, 0.25) is 0 Å². The highest BCUT2D eigenvalue weighted by Gasteiger charge is 2.04. The fourth-order valence-electron chi connectivity index (χ4n) is 1.75. The number of hydrogen-bond acceptors (Lipinski definition) is 3. The average Bonchev–Trinajstić information content (AvgIpc) is 2.30. The summed E-state index contributed by atoms with van der Waals surface area (Å²) in [5.74, 6) is 0.768. The van der Waals surface area contributed by atoms with Gasteiger partial charge in [0.15, 0.2) is 0 Å². The number of para-hydroxylation sites is 1. The zero-order chi connectivity index (χ0) is 13.8. The number of ether oxygens (including phenoxy) is 1. The van der Waals surface area contributed by atoms with Crippen LogP contribution in [0.5, 0.6) is 5.75 Å². The summed E-state index contributed by atoms with van der Waals surface area (Å²) in [5, 5.41) is 3.32. The number of rotatable bonds is 4. The van der Waals surface area contributed by atoms with Crippen molar-refractivity contribution in [2.45, 2.75) is 20.0 Å². The van der Waals surface area contributed by atoms with Crippen LogP contribution in [0.25, 0.3) is 0 Å². The summed E-state index contributed by atoms with van der Waals surface area (Å²) >= 11 is 3.51. The molecular weight excluding hydrogens is 304 g/mol. The van der Waals surface area contributed by atoms with E-state index in [0.29, 0.717) is 5.69 Å². The normalized spacial score (nSPS) is 10.5. The predicted molar refractivity (Wildman–Crippen MR) is 84.0 cm³/mol. The molecule has 0 aromatic heterocycles. The highest BCUT2D eigenvalue weighted by Crippen LogP contribution is 2.29. The van der Waals surface area contributed by atoms with Gasteiger partial charge in [-0.1, -0.05) is 12.1 Å². The average molecular weight is 321 g/mol. The molecule has 0 spiro atoms. The molecule has 0 fully saturated rings. The molecule has 2 rings (SSSR count). The van der Waals surface area contributed by atoms with Crippen LogP contribution < -0.4 is 15.8 Å². The van der Waals surface area contributed by atoms with Crippen LogP contribution in [0.3, 0.4) is 0 Å². The van der Waals surface area contributed by atoms with Gasteiger partial charge in [0.25, 0.3) is 0 Å². The van der Waals surface area contributed by atoms with Crippen LogP contribution >= 0.6 is 15.9 Å². The lowest BCUT2D eigenvalue weighted by Crippen LogP contribution is -2.06. The molecule has 0 aliphatic heterocycles. The molecule has 2 aromatic rings. The standard InChI is InChI=1S/C15H17BrN2O/c1-10(2)19-13-8-11(17)7-12(9-13)18-15-6-4-3-5-14(15)16/h3-10,18H,17H2,1-2H3. The van der Waals surface area contributed by atoms with Gasteiger partial charge < -0.3 is 15.8 Å². The Balaban J connectivity index is 2.25. The first-order valence-electron chi connectivity index (χ1n) is 6.13. The fraction of sp³-hybridized carbons (Fsp3) is 0.200. The summed E-state index contributed by atoms with van der Waals surface area (Å²) < 4.78 is 6.68. The molecule has 0 aliphatic carbocycles. The fourth-order valence-corrected chi connectivity index (χ4v) is 2.14. The second-order valence-corrected chi connectivity index (χ2v) is 5.42. The summed E-state index contributed by atoms with van der Waals surface area (Å²) in [5.41, 5.74) is 8.46. The second kappa shape index (κ2) is 5.97. The van der Waals surface area contributed by atoms with Gasteiger partial charge in [0.05, 0.1) is 11.8 Å². The summed E-state index contributed by atoms with van der Waals surface area (Å²) in [7, 11) is 0. The smallest absolute Gasteiger partial charge is 0.123 e. The molecule has 0 unspecified atom stereocenters. The van der Waals surface area contributed by atoms with Gasteiger partial charge in [0.2, 0.25) is 0 Å². The molecule has 0 aliphatic rings. The van der Waals surface area contributed by atoms with Crippen molar-refractivity contribution < 1.29 is 4.74 Å². The monoisotopic (exact) mass is 320 g/mol. The Morgan fingerprint density at radius 2 is 1.89 bits per heavy atom. The third kappa shape index (κ3) is 3.89. The number of nitrogens with one attached hydrogen (secondary N) is 1. The summed E-state index contributed by atoms with van der Waals surface area (Å²) in [6.07, 6.45) is 0.123. The third-order valence-corrected chi connectivity index (χ3v) is 3.15. The maximum absolute atomic E-state index is 5.90. The lowest BCUT2D eigenvalue weighted by atomic mass is 10.2. The first-order chi connectivity index (χ1) is 9.04. The van der Waals surface area contributed by atoms with E-state index in [9.17, 15) is 0 Å². The Labute approximate surface area is 121 Å². The van der Waals surface area contributed by atoms with Crippen LogP contribution in [-0.2, 0) is 0 Å². The minimum Gasteiger partial charge on any atom is -0.491 e. The number of nitrogens with two attached hydrogens (primary N) is 1. The molecule has 0 saturated carbocycles. The van der Waals surface area contributed by atoms with Crippen molar-refractivity contribution in [3.8, 4) is 5.75 Å². The van der Waals surface area contributed by atoms with E-state index < -0.39 is 0 Å². The molecule has 0 radical (unpaired) electrons. The minimum absolute atomic E-state index is 0.123. The van der Waals surface area contributed by atoms with Crippen LogP contribution in [-0.4, -0.2) is 6.10 Å². The number of nitrogen functional groups attached to an aromatic ring is 1. The van der Waals surface area contributed by atoms with E-state index in [2.05, 4.69) is 21.2 Å². The van der Waals surface area contributed by atoms with Gasteiger partial charge >= 0.3 is 0 Å². The lowest BCUT2D eigenvalue weighted by Gasteiger charge is -2.14. The van der Waals surface area contributed by atoms with Crippen LogP contribution in [0.1, 0.15) is 13.8 Å². The summed E-state index contributed by atoms with van der Waals surface area (Å²) in [6.45, 7) is 3.98. The SMILES string of the molecule is CC(C)Oc1cc(N)cc(Nc2ccccc2Br)c1. The van der Waals surface area contributed by atoms with Crippen LogP contribution in [0.15, 0.2) is 46.9 Å². The Kier molecular flexibility index (Phi) is 4.32. The first kappa shape index (κ1) is 13.7. The minimum atomic E-state index is 0.123. The van der Waals surface area contributed by atoms with Crippen molar-refractivity contribution in [2.75, 3.05) is 11.1 Å². The molecule has 0 amide bonds. The highest BCUT2D eigenvalue weighted by molar-refractivity contribution is 9.10. The molecule has 3 N–H and O–H groups in total. The third-order valence-electron chi connectivity index (χ3n) is 2.45. The molecule has 0 bridgehead atoms. The van der Waals surface area contributed by atoms with Gasteiger partial charge in [-0.3, -0.25) is 0 Å². The molecule has 4 heteroatoms. The van der Waals surface area contributed by atoms with Gasteiger partial charge in [-0.2, -0.15) is 0 Å². The van der Waals surface area contributed by atoms with Gasteiger partial charge in [-0.15, -0.1) is 0 Å². The molecule has 3 nitrogen and oxygen atoms in total. The van der Waals surface area contributed by atoms with Crippen LogP contribution in [0, 0.1) is 0 Å². The van der Waals surface area contributed by atoms with Crippen LogP contribution in [0.4, 0.5) is 17.1 Å². The van der Waals surface area contributed by atoms with E-state index in [1.54, 1.807) is 0 Å². The molecule has 2 aromatic carbocycles. The van der Waals surface area contributed by atoms with Crippen molar-refractivity contribution in [1.29, 1.82) is 0 Å². The lowest BCUT2D eigenvalue weighted by molar-refractivity contribution is 0.242.